The normalized spacial score (nSPS) is 15.5. The van der Waals surface area contributed by atoms with E-state index in [1.807, 2.05) is 20.8 Å². The number of ether oxygens (including phenoxy) is 1. The van der Waals surface area contributed by atoms with E-state index in [2.05, 4.69) is 46.9 Å². The predicted octanol–water partition coefficient (Wildman–Crippen LogP) is 2.79. The summed E-state index contributed by atoms with van der Waals surface area (Å²) in [6, 6.07) is 0.139. The number of carbonyl (C=O) groups is 1. The quantitative estimate of drug-likeness (QED) is 0.579. The molecule has 0 aromatic heterocycles. The fourth-order valence-electron chi connectivity index (χ4n) is 1.97. The molecule has 4 nitrogen and oxygen atoms in total. The summed E-state index contributed by atoms with van der Waals surface area (Å²) in [6.45, 7) is 18.8. The van der Waals surface area contributed by atoms with Crippen molar-refractivity contribution in [2.45, 2.75) is 91.0 Å². The zero-order chi connectivity index (χ0) is 16.9. The van der Waals surface area contributed by atoms with Crippen LogP contribution in [0.25, 0.3) is 0 Å². The van der Waals surface area contributed by atoms with Crippen LogP contribution in [0.4, 0.5) is 0 Å². The maximum Gasteiger partial charge on any atom is 0.320 e. The van der Waals surface area contributed by atoms with Crippen LogP contribution in [0, 0.1) is 0 Å². The van der Waals surface area contributed by atoms with E-state index < -0.39 is 15.4 Å². The van der Waals surface area contributed by atoms with E-state index in [1.165, 1.54) is 0 Å². The average molecular weight is 318 g/mol. The molecule has 21 heavy (non-hydrogen) atoms. The predicted molar refractivity (Wildman–Crippen MR) is 91.3 cm³/mol. The minimum absolute atomic E-state index is 0.139. The van der Waals surface area contributed by atoms with E-state index in [0.29, 0.717) is 0 Å². The third kappa shape index (κ3) is 10.0. The Hall–Kier alpha value is -0.393. The molecule has 0 saturated heterocycles. The van der Waals surface area contributed by atoms with Gasteiger partial charge in [0.25, 0.3) is 0 Å². The van der Waals surface area contributed by atoms with Gasteiger partial charge in [-0.1, -0.05) is 27.7 Å². The fraction of sp³-hybridized carbons (Fsp3) is 0.938. The Morgan fingerprint density at radius 2 is 1.62 bits per heavy atom. The number of hydrogen-bond acceptors (Lipinski definition) is 4. The first-order valence-corrected chi connectivity index (χ1v) is 9.14. The summed E-state index contributed by atoms with van der Waals surface area (Å²) < 4.78 is 11.5. The molecule has 0 aromatic rings. The Morgan fingerprint density at radius 1 is 1.10 bits per heavy atom. The number of rotatable bonds is 7. The monoisotopic (exact) mass is 317 g/mol. The molecule has 0 bridgehead atoms. The lowest BCUT2D eigenvalue weighted by Crippen LogP contribution is -2.51. The molecule has 0 spiro atoms. The van der Waals surface area contributed by atoms with Crippen molar-refractivity contribution in [3.63, 3.8) is 0 Å². The van der Waals surface area contributed by atoms with Gasteiger partial charge in [-0.15, -0.1) is 0 Å². The van der Waals surface area contributed by atoms with E-state index in [4.69, 9.17) is 9.16 Å². The highest BCUT2D eigenvalue weighted by Gasteiger charge is 2.31. The molecule has 0 rings (SSSR count). The topological polar surface area (TPSA) is 47.6 Å². The molecule has 0 radical (unpaired) electrons. The van der Waals surface area contributed by atoms with Crippen LogP contribution in [0.15, 0.2) is 0 Å². The van der Waals surface area contributed by atoms with Crippen molar-refractivity contribution in [1.82, 2.24) is 5.32 Å². The Bertz CT molecular complexity index is 329. The van der Waals surface area contributed by atoms with Gasteiger partial charge in [-0.3, -0.25) is 4.79 Å². The van der Waals surface area contributed by atoms with Gasteiger partial charge in [0.1, 0.15) is 5.60 Å². The van der Waals surface area contributed by atoms with Gasteiger partial charge in [-0.05, 0) is 46.1 Å². The van der Waals surface area contributed by atoms with Crippen LogP contribution >= 0.6 is 0 Å². The highest BCUT2D eigenvalue weighted by molar-refractivity contribution is 6.31. The smallest absolute Gasteiger partial charge is 0.320 e. The second-order valence-electron chi connectivity index (χ2n) is 8.38. The molecule has 0 aliphatic rings. The lowest BCUT2D eigenvalue weighted by atomic mass is 9.97. The molecule has 0 heterocycles. The Morgan fingerprint density at radius 3 is 2.00 bits per heavy atom. The molecule has 0 amide bonds. The first-order chi connectivity index (χ1) is 9.27. The lowest BCUT2D eigenvalue weighted by Gasteiger charge is -2.37. The molecule has 0 aliphatic carbocycles. The van der Waals surface area contributed by atoms with Crippen molar-refractivity contribution in [3.05, 3.63) is 0 Å². The first-order valence-electron chi connectivity index (χ1n) is 7.86. The Labute approximate surface area is 133 Å². The molecule has 1 unspecified atom stereocenters. The van der Waals surface area contributed by atoms with Crippen LogP contribution in [0.3, 0.4) is 0 Å². The molecule has 0 fully saturated rings. The summed E-state index contributed by atoms with van der Waals surface area (Å²) in [6.07, 6.45) is 0.911. The average Bonchev–Trinajstić information content (AvgIpc) is 2.23. The molecule has 1 atom stereocenters. The van der Waals surface area contributed by atoms with E-state index in [-0.39, 0.29) is 29.2 Å². The van der Waals surface area contributed by atoms with Gasteiger partial charge in [0.15, 0.2) is 9.76 Å². The summed E-state index contributed by atoms with van der Waals surface area (Å²) in [4.78, 5) is 11.8. The molecule has 0 aromatic carbocycles. The van der Waals surface area contributed by atoms with Gasteiger partial charge in [0, 0.05) is 6.04 Å². The summed E-state index contributed by atoms with van der Waals surface area (Å²) >= 11 is 0. The fourth-order valence-corrected chi connectivity index (χ4v) is 2.98. The number of hydrogen-bond donors (Lipinski definition) is 1. The van der Waals surface area contributed by atoms with Gasteiger partial charge < -0.3 is 14.5 Å². The highest BCUT2D eigenvalue weighted by Crippen LogP contribution is 2.25. The lowest BCUT2D eigenvalue weighted by molar-refractivity contribution is -0.154. The minimum atomic E-state index is -0.627. The van der Waals surface area contributed by atoms with E-state index in [1.54, 1.807) is 0 Å². The molecule has 1 N–H and O–H groups in total. The van der Waals surface area contributed by atoms with Crippen molar-refractivity contribution in [2.75, 3.05) is 6.54 Å². The number of carbonyl (C=O) groups excluding carboxylic acids is 1. The standard InChI is InChI=1S/C16H35NO3Si/c1-10-12(16(8,9)20-21-15(5,6)7)17-11-13(18)19-14(2,3)4/h12,17H,10-11,21H2,1-9H3. The summed E-state index contributed by atoms with van der Waals surface area (Å²) in [5.41, 5.74) is -0.706. The third-order valence-electron chi connectivity index (χ3n) is 3.04. The van der Waals surface area contributed by atoms with Gasteiger partial charge in [-0.2, -0.15) is 0 Å². The van der Waals surface area contributed by atoms with Gasteiger partial charge in [0.2, 0.25) is 0 Å². The van der Waals surface area contributed by atoms with Crippen LogP contribution in [-0.2, 0) is 14.0 Å². The van der Waals surface area contributed by atoms with Crippen molar-refractivity contribution < 1.29 is 14.0 Å². The van der Waals surface area contributed by atoms with Gasteiger partial charge in [0.05, 0.1) is 12.1 Å². The molecule has 126 valence electrons. The molecule has 5 heteroatoms. The van der Waals surface area contributed by atoms with Gasteiger partial charge in [-0.25, -0.2) is 0 Å². The van der Waals surface area contributed by atoms with Crippen molar-refractivity contribution in [3.8, 4) is 0 Å². The van der Waals surface area contributed by atoms with Crippen LogP contribution in [0.1, 0.15) is 68.7 Å². The molecular weight excluding hydrogens is 282 g/mol. The van der Waals surface area contributed by atoms with Crippen molar-refractivity contribution >= 4 is 15.7 Å². The van der Waals surface area contributed by atoms with Crippen molar-refractivity contribution in [1.29, 1.82) is 0 Å². The van der Waals surface area contributed by atoms with E-state index in [9.17, 15) is 4.79 Å². The Balaban J connectivity index is 4.46. The van der Waals surface area contributed by atoms with Crippen LogP contribution < -0.4 is 5.32 Å². The minimum Gasteiger partial charge on any atom is -0.459 e. The van der Waals surface area contributed by atoms with Gasteiger partial charge >= 0.3 is 5.97 Å². The summed E-state index contributed by atoms with van der Waals surface area (Å²) in [5, 5.41) is 3.56. The highest BCUT2D eigenvalue weighted by atomic mass is 28.2. The molecule has 0 saturated carbocycles. The second-order valence-corrected chi connectivity index (χ2v) is 11.1. The largest absolute Gasteiger partial charge is 0.459 e. The van der Waals surface area contributed by atoms with Crippen LogP contribution in [0.5, 0.6) is 0 Å². The zero-order valence-corrected chi connectivity index (χ0v) is 16.8. The van der Waals surface area contributed by atoms with Crippen LogP contribution in [-0.4, -0.2) is 39.5 Å². The van der Waals surface area contributed by atoms with Crippen molar-refractivity contribution in [2.24, 2.45) is 0 Å². The van der Waals surface area contributed by atoms with E-state index in [0.717, 1.165) is 6.42 Å². The number of nitrogens with one attached hydrogen (secondary N) is 1. The maximum absolute atomic E-state index is 11.8. The SMILES string of the molecule is CCC(NCC(=O)OC(C)(C)C)C(C)(C)O[SiH2]C(C)(C)C. The van der Waals surface area contributed by atoms with E-state index >= 15 is 0 Å². The summed E-state index contributed by atoms with van der Waals surface area (Å²) in [7, 11) is -0.627. The first kappa shape index (κ1) is 20.6. The zero-order valence-electron chi connectivity index (χ0n) is 15.4. The third-order valence-corrected chi connectivity index (χ3v) is 4.79. The summed E-state index contributed by atoms with van der Waals surface area (Å²) in [5.74, 6) is -0.218. The maximum atomic E-state index is 11.8. The molecular formula is C16H35NO3Si. The van der Waals surface area contributed by atoms with Crippen LogP contribution in [0.2, 0.25) is 5.04 Å². The number of esters is 1. The Kier molecular flexibility index (Phi) is 7.60. The second kappa shape index (κ2) is 7.74. The molecule has 0 aliphatic heterocycles.